The lowest BCUT2D eigenvalue weighted by Crippen LogP contribution is -2.19. The topological polar surface area (TPSA) is 63.6 Å². The van der Waals surface area contributed by atoms with Gasteiger partial charge in [0.2, 0.25) is 11.6 Å². The normalized spacial score (nSPS) is 14.2. The van der Waals surface area contributed by atoms with E-state index < -0.39 is 11.6 Å². The lowest BCUT2D eigenvalue weighted by molar-refractivity contribution is -0.111. The number of hydrogen-bond donors (Lipinski definition) is 1. The number of phenols is 1. The molecule has 0 saturated carbocycles. The van der Waals surface area contributed by atoms with Crippen molar-refractivity contribution in [2.24, 2.45) is 0 Å². The molecule has 0 saturated heterocycles. The van der Waals surface area contributed by atoms with Gasteiger partial charge >= 0.3 is 0 Å². The molecule has 1 aliphatic carbocycles. The molecule has 20 heavy (non-hydrogen) atoms. The highest BCUT2D eigenvalue weighted by Gasteiger charge is 2.28. The van der Waals surface area contributed by atoms with Crippen LogP contribution >= 0.6 is 0 Å². The second-order valence-corrected chi connectivity index (χ2v) is 4.75. The van der Waals surface area contributed by atoms with E-state index in [0.29, 0.717) is 22.4 Å². The molecule has 0 aliphatic heterocycles. The highest BCUT2D eigenvalue weighted by atomic mass is 16.5. The number of aryl methyl sites for hydroxylation is 1. The Bertz CT molecular complexity index is 800. The van der Waals surface area contributed by atoms with Crippen molar-refractivity contribution in [3.8, 4) is 5.75 Å². The number of ether oxygens (including phenoxy) is 1. The number of methoxy groups -OCH3 is 1. The Kier molecular flexibility index (Phi) is 2.61. The Morgan fingerprint density at radius 1 is 1.15 bits per heavy atom. The molecule has 0 atom stereocenters. The first-order valence-corrected chi connectivity index (χ1v) is 6.14. The number of benzene rings is 2. The van der Waals surface area contributed by atoms with Crippen LogP contribution in [0, 0.1) is 6.92 Å². The van der Waals surface area contributed by atoms with E-state index in [1.807, 2.05) is 0 Å². The van der Waals surface area contributed by atoms with Crippen molar-refractivity contribution in [1.82, 2.24) is 0 Å². The molecule has 0 bridgehead atoms. The number of aromatic hydroxyl groups is 1. The Morgan fingerprint density at radius 2 is 1.90 bits per heavy atom. The molecule has 4 heteroatoms. The fourth-order valence-corrected chi connectivity index (χ4v) is 2.47. The van der Waals surface area contributed by atoms with Crippen molar-refractivity contribution in [3.63, 3.8) is 0 Å². The number of ketones is 2. The molecule has 0 radical (unpaired) electrons. The average Bonchev–Trinajstić information content (AvgIpc) is 2.43. The lowest BCUT2D eigenvalue weighted by Gasteiger charge is -2.18. The van der Waals surface area contributed by atoms with E-state index in [9.17, 15) is 14.7 Å². The molecule has 0 unspecified atom stereocenters. The number of hydrogen-bond acceptors (Lipinski definition) is 4. The minimum absolute atomic E-state index is 0.193. The van der Waals surface area contributed by atoms with E-state index in [4.69, 9.17) is 4.74 Å². The molecule has 0 fully saturated rings. The Morgan fingerprint density at radius 3 is 2.60 bits per heavy atom. The smallest absolute Gasteiger partial charge is 0.233 e. The number of carbonyl (C=O) groups excluding carboxylic acids is 2. The van der Waals surface area contributed by atoms with Crippen molar-refractivity contribution < 1.29 is 19.4 Å². The maximum absolute atomic E-state index is 12.0. The molecule has 1 N–H and O–H groups in total. The van der Waals surface area contributed by atoms with Crippen molar-refractivity contribution >= 4 is 28.1 Å². The van der Waals surface area contributed by atoms with E-state index in [1.165, 1.54) is 13.2 Å². The van der Waals surface area contributed by atoms with Gasteiger partial charge in [-0.2, -0.15) is 0 Å². The molecule has 1 aliphatic rings. The monoisotopic (exact) mass is 268 g/mol. The zero-order chi connectivity index (χ0) is 14.4. The largest absolute Gasteiger partial charge is 0.508 e. The van der Waals surface area contributed by atoms with Gasteiger partial charge in [0, 0.05) is 17.2 Å². The fraction of sp³-hybridized carbons (Fsp3) is 0.125. The van der Waals surface area contributed by atoms with Crippen molar-refractivity contribution in [1.29, 1.82) is 0 Å². The molecule has 100 valence electrons. The highest BCUT2D eigenvalue weighted by molar-refractivity contribution is 6.51. The molecule has 0 spiro atoms. The van der Waals surface area contributed by atoms with Gasteiger partial charge in [-0.25, -0.2) is 0 Å². The van der Waals surface area contributed by atoms with Gasteiger partial charge in [-0.1, -0.05) is 6.07 Å². The fourth-order valence-electron chi connectivity index (χ4n) is 2.47. The van der Waals surface area contributed by atoms with Crippen LogP contribution in [0.15, 0.2) is 30.3 Å². The summed E-state index contributed by atoms with van der Waals surface area (Å²) in [6.07, 6.45) is 1.21. The molecule has 0 aromatic heterocycles. The predicted molar refractivity (Wildman–Crippen MR) is 74.7 cm³/mol. The summed E-state index contributed by atoms with van der Waals surface area (Å²) >= 11 is 0. The molecular weight excluding hydrogens is 256 g/mol. The predicted octanol–water partition coefficient (Wildman–Crippen LogP) is 2.61. The van der Waals surface area contributed by atoms with Gasteiger partial charge in [0.15, 0.2) is 0 Å². The SMILES string of the molecule is COC1=CC(=O)C(=O)c2ccc3cc(O)c(C)cc3c21. The average molecular weight is 268 g/mol. The van der Waals surface area contributed by atoms with Crippen LogP contribution in [0.25, 0.3) is 16.5 Å². The van der Waals surface area contributed by atoms with Crippen LogP contribution in [-0.2, 0) is 9.53 Å². The summed E-state index contributed by atoms with van der Waals surface area (Å²) in [6.45, 7) is 1.78. The summed E-state index contributed by atoms with van der Waals surface area (Å²) in [5, 5.41) is 11.3. The summed E-state index contributed by atoms with van der Waals surface area (Å²) in [7, 11) is 1.46. The first kappa shape index (κ1) is 12.4. The lowest BCUT2D eigenvalue weighted by atomic mass is 9.88. The Hall–Kier alpha value is -2.62. The maximum Gasteiger partial charge on any atom is 0.233 e. The quantitative estimate of drug-likeness (QED) is 0.807. The molecule has 3 rings (SSSR count). The van der Waals surface area contributed by atoms with Gasteiger partial charge in [-0.15, -0.1) is 0 Å². The number of phenolic OH excluding ortho intramolecular Hbond substituents is 1. The van der Waals surface area contributed by atoms with E-state index in [2.05, 4.69) is 0 Å². The molecule has 2 aromatic rings. The first-order chi connectivity index (χ1) is 9.52. The van der Waals surface area contributed by atoms with E-state index >= 15 is 0 Å². The molecular formula is C16H12O4. The van der Waals surface area contributed by atoms with Gasteiger partial charge in [-0.05, 0) is 41.5 Å². The number of allylic oxidation sites excluding steroid dienone is 1. The van der Waals surface area contributed by atoms with E-state index in [-0.39, 0.29) is 5.75 Å². The zero-order valence-electron chi connectivity index (χ0n) is 11.1. The van der Waals surface area contributed by atoms with Crippen LogP contribution < -0.4 is 0 Å². The third kappa shape index (κ3) is 1.61. The summed E-state index contributed by atoms with van der Waals surface area (Å²) in [6, 6.07) is 6.74. The Labute approximate surface area is 115 Å². The van der Waals surface area contributed by atoms with E-state index in [1.54, 1.807) is 31.2 Å². The molecule has 4 nitrogen and oxygen atoms in total. The highest BCUT2D eigenvalue weighted by Crippen LogP contribution is 2.35. The summed E-state index contributed by atoms with van der Waals surface area (Å²) in [4.78, 5) is 23.6. The van der Waals surface area contributed by atoms with Crippen LogP contribution in [-0.4, -0.2) is 23.8 Å². The summed E-state index contributed by atoms with van der Waals surface area (Å²) < 4.78 is 5.24. The second kappa shape index (κ2) is 4.20. The first-order valence-electron chi connectivity index (χ1n) is 6.14. The van der Waals surface area contributed by atoms with Crippen molar-refractivity contribution in [3.05, 3.63) is 47.0 Å². The number of rotatable bonds is 1. The zero-order valence-corrected chi connectivity index (χ0v) is 11.1. The van der Waals surface area contributed by atoms with Gasteiger partial charge in [0.1, 0.15) is 11.5 Å². The molecule has 0 amide bonds. The number of fused-ring (bicyclic) bond motifs is 3. The van der Waals surface area contributed by atoms with Gasteiger partial charge in [-0.3, -0.25) is 9.59 Å². The molecule has 2 aromatic carbocycles. The van der Waals surface area contributed by atoms with Gasteiger partial charge in [0.05, 0.1) is 7.11 Å². The van der Waals surface area contributed by atoms with E-state index in [0.717, 1.165) is 10.8 Å². The summed E-state index contributed by atoms with van der Waals surface area (Å²) in [5.41, 5.74) is 1.65. The Balaban J connectivity index is 2.45. The minimum atomic E-state index is -0.579. The number of Topliss-reactive ketones (excluding diaryl/α,β-unsaturated/α-hetero) is 1. The molecule has 0 heterocycles. The van der Waals surface area contributed by atoms with Crippen LogP contribution in [0.4, 0.5) is 0 Å². The third-order valence-electron chi connectivity index (χ3n) is 3.53. The third-order valence-corrected chi connectivity index (χ3v) is 3.53. The summed E-state index contributed by atoms with van der Waals surface area (Å²) in [5.74, 6) is -0.545. The van der Waals surface area contributed by atoms with Crippen molar-refractivity contribution in [2.75, 3.05) is 7.11 Å². The second-order valence-electron chi connectivity index (χ2n) is 4.75. The van der Waals surface area contributed by atoms with Gasteiger partial charge < -0.3 is 9.84 Å². The van der Waals surface area contributed by atoms with Crippen LogP contribution in [0.3, 0.4) is 0 Å². The van der Waals surface area contributed by atoms with Crippen LogP contribution in [0.1, 0.15) is 21.5 Å². The minimum Gasteiger partial charge on any atom is -0.508 e. The van der Waals surface area contributed by atoms with Gasteiger partial charge in [0.25, 0.3) is 0 Å². The van der Waals surface area contributed by atoms with Crippen molar-refractivity contribution in [2.45, 2.75) is 6.92 Å². The van der Waals surface area contributed by atoms with Crippen LogP contribution in [0.2, 0.25) is 0 Å². The van der Waals surface area contributed by atoms with Crippen LogP contribution in [0.5, 0.6) is 5.75 Å². The number of carbonyl (C=O) groups is 2. The maximum atomic E-state index is 12.0. The standard InChI is InChI=1S/C16H12O4/c1-8-5-11-9(6-12(8)17)3-4-10-15(11)14(20-2)7-13(18)16(10)19/h3-7,17H,1-2H3.